The minimum Gasteiger partial charge on any atom is -0.309 e. The maximum Gasteiger partial charge on any atom is 0.0541 e. The molecule has 1 spiro atoms. The number of hydrogen-bond acceptors (Lipinski definition) is 0. The van der Waals surface area contributed by atoms with Crippen LogP contribution in [0.5, 0.6) is 0 Å². The quantitative estimate of drug-likeness (QED) is 0.157. The van der Waals surface area contributed by atoms with E-state index in [2.05, 4.69) is 316 Å². The Hall–Kier alpha value is -10.5. The van der Waals surface area contributed by atoms with Gasteiger partial charge in [0.2, 0.25) is 0 Å². The van der Waals surface area contributed by atoms with Crippen LogP contribution >= 0.6 is 0 Å². The number of fused-ring (bicyclic) bond motifs is 19. The summed E-state index contributed by atoms with van der Waals surface area (Å²) < 4.78 is 4.93. The fourth-order valence-corrected chi connectivity index (χ4v) is 17.2. The van der Waals surface area contributed by atoms with Crippen molar-refractivity contribution in [1.29, 1.82) is 0 Å². The zero-order valence-corrected chi connectivity index (χ0v) is 50.4. The molecule has 4 aliphatic carbocycles. The summed E-state index contributed by atoms with van der Waals surface area (Å²) in [7, 11) is 0. The van der Waals surface area contributed by atoms with Crippen molar-refractivity contribution >= 4 is 43.6 Å². The van der Waals surface area contributed by atoms with Crippen molar-refractivity contribution in [3.63, 3.8) is 0 Å². The molecule has 13 aromatic carbocycles. The van der Waals surface area contributed by atoms with E-state index in [0.717, 1.165) is 12.8 Å². The third kappa shape index (κ3) is 7.03. The number of rotatable bonds is 6. The average molecular weight is 1140 g/mol. The van der Waals surface area contributed by atoms with E-state index in [1.165, 1.54) is 177 Å². The fourth-order valence-electron chi connectivity index (χ4n) is 17.2. The Morgan fingerprint density at radius 1 is 0.247 bits per heavy atom. The second kappa shape index (κ2) is 18.3. The monoisotopic (exact) mass is 1130 g/mol. The van der Waals surface area contributed by atoms with Gasteiger partial charge in [-0.3, -0.25) is 0 Å². The molecule has 0 atom stereocenters. The Morgan fingerprint density at radius 2 is 0.584 bits per heavy atom. The SMILES string of the molecule is CC1(C)c2ccccc2-c2ccc(-n3c4ccccc4c4cc(-c5ccc(-c6ccc7c(c6)C6(CCc8ccccc86)c6cc(-c8ccc(-c9ccc%10c(c9)c9ccccc9n%10-c9ccc%10c(c9)C(C)(C)c9ccccc9-%10)cc8)ccc6-7)cc5)ccc43)cc21. The number of benzene rings is 13. The smallest absolute Gasteiger partial charge is 0.0541 e. The minimum absolute atomic E-state index is 0.0724. The van der Waals surface area contributed by atoms with E-state index in [4.69, 9.17) is 0 Å². The lowest BCUT2D eigenvalue weighted by Gasteiger charge is -2.29. The topological polar surface area (TPSA) is 9.86 Å². The van der Waals surface area contributed by atoms with Gasteiger partial charge < -0.3 is 9.13 Å². The first-order chi connectivity index (χ1) is 43.6. The molecular formula is C87H62N2. The molecule has 89 heavy (non-hydrogen) atoms. The van der Waals surface area contributed by atoms with Crippen molar-refractivity contribution in [2.45, 2.75) is 56.8 Å². The van der Waals surface area contributed by atoms with Crippen molar-refractivity contribution in [1.82, 2.24) is 9.13 Å². The van der Waals surface area contributed by atoms with Crippen LogP contribution in [-0.2, 0) is 22.7 Å². The van der Waals surface area contributed by atoms with Crippen LogP contribution in [0.15, 0.2) is 279 Å². The van der Waals surface area contributed by atoms with Crippen LogP contribution in [-0.4, -0.2) is 9.13 Å². The van der Waals surface area contributed by atoms with Gasteiger partial charge in [0.15, 0.2) is 0 Å². The van der Waals surface area contributed by atoms with Crippen LogP contribution in [0.3, 0.4) is 0 Å². The van der Waals surface area contributed by atoms with Gasteiger partial charge in [-0.1, -0.05) is 234 Å². The fraction of sp³-hybridized carbons (Fsp3) is 0.103. The van der Waals surface area contributed by atoms with E-state index < -0.39 is 0 Å². The Labute approximate surface area is 519 Å². The standard InChI is InChI=1S/C87H62N2/c1-85(2)75-21-11-6-16-64(75)66-41-37-62(51-77(66)85)88-81-23-13-8-18-70(81)72-47-58(35-43-83(72)88)53-25-29-55(30-26-53)60-33-39-68-69-40-34-61(50-80(69)87(79(68)49-60)46-45-57-15-5-10-20-74(57)87)56-31-27-54(28-32-56)59-36-44-84-73(48-59)71-19-9-14-24-82(71)89(84)63-38-42-67-65-17-7-12-22-76(65)86(3,4)78(67)52-63/h5-44,47-52H,45-46H2,1-4H3. The molecule has 0 bridgehead atoms. The number of hydrogen-bond donors (Lipinski definition) is 0. The highest BCUT2D eigenvalue weighted by Crippen LogP contribution is 2.60. The van der Waals surface area contributed by atoms with Crippen molar-refractivity contribution < 1.29 is 0 Å². The van der Waals surface area contributed by atoms with Crippen molar-refractivity contribution in [3.05, 3.63) is 324 Å². The Kier molecular flexibility index (Phi) is 10.4. The van der Waals surface area contributed by atoms with E-state index in [-0.39, 0.29) is 16.2 Å². The zero-order valence-electron chi connectivity index (χ0n) is 50.4. The van der Waals surface area contributed by atoms with Crippen molar-refractivity contribution in [2.24, 2.45) is 0 Å². The van der Waals surface area contributed by atoms with Crippen LogP contribution in [0.1, 0.15) is 78.6 Å². The lowest BCUT2D eigenvalue weighted by atomic mass is 9.72. The summed E-state index contributed by atoms with van der Waals surface area (Å²) in [5, 5.41) is 5.07. The van der Waals surface area contributed by atoms with Gasteiger partial charge in [-0.05, 0) is 208 Å². The normalized spacial score (nSPS) is 14.9. The molecule has 0 aliphatic heterocycles. The predicted octanol–water partition coefficient (Wildman–Crippen LogP) is 22.4. The molecular weight excluding hydrogens is 1070 g/mol. The molecule has 15 aromatic rings. The zero-order chi connectivity index (χ0) is 59.1. The van der Waals surface area contributed by atoms with Gasteiger partial charge in [0.05, 0.1) is 22.1 Å². The molecule has 2 nitrogen and oxygen atoms in total. The van der Waals surface area contributed by atoms with Gasteiger partial charge in [0.25, 0.3) is 0 Å². The van der Waals surface area contributed by atoms with E-state index in [1.807, 2.05) is 0 Å². The molecule has 0 amide bonds. The molecule has 0 fully saturated rings. The van der Waals surface area contributed by atoms with Crippen LogP contribution in [0, 0.1) is 0 Å². The Balaban J connectivity index is 0.636. The van der Waals surface area contributed by atoms with E-state index in [9.17, 15) is 0 Å². The van der Waals surface area contributed by atoms with Gasteiger partial charge in [-0.15, -0.1) is 0 Å². The highest BCUT2D eigenvalue weighted by atomic mass is 15.0. The van der Waals surface area contributed by atoms with Gasteiger partial charge in [-0.25, -0.2) is 0 Å². The van der Waals surface area contributed by atoms with E-state index in [1.54, 1.807) is 0 Å². The first-order valence-corrected chi connectivity index (χ1v) is 31.8. The second-order valence-corrected chi connectivity index (χ2v) is 26.7. The lowest BCUT2D eigenvalue weighted by molar-refractivity contribution is 0.626. The summed E-state index contributed by atoms with van der Waals surface area (Å²) in [5.41, 5.74) is 36.2. The molecule has 0 N–H and O–H groups in total. The van der Waals surface area contributed by atoms with E-state index >= 15 is 0 Å². The van der Waals surface area contributed by atoms with E-state index in [0.29, 0.717) is 0 Å². The maximum atomic E-state index is 2.53. The van der Waals surface area contributed by atoms with Crippen molar-refractivity contribution in [3.8, 4) is 89.3 Å². The third-order valence-electron chi connectivity index (χ3n) is 21.6. The van der Waals surface area contributed by atoms with Crippen LogP contribution in [0.25, 0.3) is 133 Å². The first-order valence-electron chi connectivity index (χ1n) is 31.8. The van der Waals surface area contributed by atoms with Gasteiger partial charge in [0, 0.05) is 49.2 Å². The molecule has 2 heteroatoms. The first kappa shape index (κ1) is 50.6. The third-order valence-corrected chi connectivity index (χ3v) is 21.6. The summed E-state index contributed by atoms with van der Waals surface area (Å²) in [6.07, 6.45) is 2.10. The summed E-state index contributed by atoms with van der Waals surface area (Å²) in [5.74, 6) is 0. The number of nitrogens with zero attached hydrogens (tertiary/aromatic N) is 2. The number of aromatic nitrogens is 2. The molecule has 0 saturated heterocycles. The molecule has 420 valence electrons. The predicted molar refractivity (Wildman–Crippen MR) is 372 cm³/mol. The molecule has 0 unspecified atom stereocenters. The maximum absolute atomic E-state index is 2.53. The Bertz CT molecular complexity index is 5220. The number of para-hydroxylation sites is 2. The van der Waals surface area contributed by atoms with Gasteiger partial charge >= 0.3 is 0 Å². The van der Waals surface area contributed by atoms with Crippen LogP contribution < -0.4 is 0 Å². The molecule has 2 aromatic heterocycles. The van der Waals surface area contributed by atoms with Crippen LogP contribution in [0.2, 0.25) is 0 Å². The average Bonchev–Trinajstić information content (AvgIpc) is 1.56. The summed E-state index contributed by atoms with van der Waals surface area (Å²) >= 11 is 0. The number of aryl methyl sites for hydroxylation is 1. The highest BCUT2D eigenvalue weighted by molar-refractivity contribution is 6.12. The van der Waals surface area contributed by atoms with Crippen LogP contribution in [0.4, 0.5) is 0 Å². The molecule has 19 rings (SSSR count). The second-order valence-electron chi connectivity index (χ2n) is 26.7. The lowest BCUT2D eigenvalue weighted by Crippen LogP contribution is -2.23. The highest BCUT2D eigenvalue weighted by Gasteiger charge is 2.49. The largest absolute Gasteiger partial charge is 0.309 e. The van der Waals surface area contributed by atoms with Gasteiger partial charge in [0.1, 0.15) is 0 Å². The van der Waals surface area contributed by atoms with Crippen molar-refractivity contribution in [2.75, 3.05) is 0 Å². The minimum atomic E-state index is -0.238. The summed E-state index contributed by atoms with van der Waals surface area (Å²) in [6.45, 7) is 9.47. The Morgan fingerprint density at radius 3 is 1.06 bits per heavy atom. The molecule has 4 aliphatic rings. The molecule has 0 radical (unpaired) electrons. The molecule has 0 saturated carbocycles. The van der Waals surface area contributed by atoms with Gasteiger partial charge in [-0.2, -0.15) is 0 Å². The summed E-state index contributed by atoms with van der Waals surface area (Å²) in [4.78, 5) is 0. The summed E-state index contributed by atoms with van der Waals surface area (Å²) in [6, 6.07) is 106. The molecule has 2 heterocycles.